The number of allylic oxidation sites excluding steroid dienone is 7. The Hall–Kier alpha value is -5.12. The average molecular weight is 673 g/mol. The fraction of sp³-hybridized carbons (Fsp3) is 0.191. The number of rotatable bonds is 4. The number of aromatic nitrogens is 1. The number of fused-ring (bicyclic) bond motifs is 6. The second-order valence-corrected chi connectivity index (χ2v) is 13.9. The molecular formula is C47H48N2S. The van der Waals surface area contributed by atoms with Gasteiger partial charge in [-0.25, -0.2) is 0 Å². The summed E-state index contributed by atoms with van der Waals surface area (Å²) in [4.78, 5) is 0. The lowest BCUT2D eigenvalue weighted by molar-refractivity contribution is 0.613. The van der Waals surface area contributed by atoms with Crippen molar-refractivity contribution in [2.75, 3.05) is 0 Å². The van der Waals surface area contributed by atoms with E-state index >= 15 is 0 Å². The topological polar surface area (TPSA) is 30.9 Å². The van der Waals surface area contributed by atoms with E-state index in [1.807, 2.05) is 57.3 Å². The molecule has 0 bridgehead atoms. The van der Waals surface area contributed by atoms with Crippen molar-refractivity contribution in [2.45, 2.75) is 59.8 Å². The number of thiophene rings is 1. The monoisotopic (exact) mass is 672 g/mol. The lowest BCUT2D eigenvalue weighted by Crippen LogP contribution is -2.19. The summed E-state index contributed by atoms with van der Waals surface area (Å²) in [7, 11) is 0. The zero-order chi connectivity index (χ0) is 35.3. The standard InChI is InChI=1S/C38H29NS.C5H7N.2C2H6/c1-38(2,27-13-6-7-14-27)28-15-10-16-29(22-28)39-34-20-19-26(25-11-4-3-5-12-25)21-31(34)32-24-37-33(23-35(32)39)30-17-8-9-18-36(30)40-37;6-5-3-1-2-4-5;2*1-2/h3-13,15-24H,14H2,1-2H3;1-3H,4,6H2;2*1-2H3. The van der Waals surface area contributed by atoms with Gasteiger partial charge in [0.2, 0.25) is 0 Å². The van der Waals surface area contributed by atoms with Gasteiger partial charge in [0.25, 0.3) is 0 Å². The molecule has 2 aliphatic carbocycles. The Labute approximate surface area is 301 Å². The maximum Gasteiger partial charge on any atom is 0.0548 e. The zero-order valence-electron chi connectivity index (χ0n) is 30.2. The summed E-state index contributed by atoms with van der Waals surface area (Å²) >= 11 is 1.89. The van der Waals surface area contributed by atoms with Gasteiger partial charge in [0.05, 0.1) is 11.0 Å². The summed E-state index contributed by atoms with van der Waals surface area (Å²) in [5.41, 5.74) is 15.3. The molecule has 0 fully saturated rings. The highest BCUT2D eigenvalue weighted by Crippen LogP contribution is 2.42. The molecule has 0 saturated heterocycles. The third-order valence-corrected chi connectivity index (χ3v) is 10.7. The largest absolute Gasteiger partial charge is 0.402 e. The van der Waals surface area contributed by atoms with Crippen LogP contribution in [-0.4, -0.2) is 4.57 Å². The molecule has 2 N–H and O–H groups in total. The lowest BCUT2D eigenvalue weighted by atomic mass is 9.77. The molecule has 0 amide bonds. The summed E-state index contributed by atoms with van der Waals surface area (Å²) in [5, 5.41) is 5.27. The van der Waals surface area contributed by atoms with Crippen LogP contribution < -0.4 is 5.73 Å². The number of nitrogens with two attached hydrogens (primary N) is 1. The molecule has 5 aromatic carbocycles. The van der Waals surface area contributed by atoms with Crippen LogP contribution in [0.1, 0.15) is 59.9 Å². The highest BCUT2D eigenvalue weighted by Gasteiger charge is 2.26. The van der Waals surface area contributed by atoms with Gasteiger partial charge in [-0.2, -0.15) is 0 Å². The van der Waals surface area contributed by atoms with E-state index in [0.29, 0.717) is 0 Å². The van der Waals surface area contributed by atoms with Crippen molar-refractivity contribution < 1.29 is 0 Å². The van der Waals surface area contributed by atoms with E-state index in [1.54, 1.807) is 0 Å². The van der Waals surface area contributed by atoms with Crippen molar-refractivity contribution in [3.8, 4) is 16.8 Å². The van der Waals surface area contributed by atoms with E-state index < -0.39 is 0 Å². The third-order valence-electron chi connectivity index (χ3n) is 9.57. The lowest BCUT2D eigenvalue weighted by Gasteiger charge is -2.28. The van der Waals surface area contributed by atoms with Gasteiger partial charge in [-0.15, -0.1) is 11.3 Å². The minimum absolute atomic E-state index is 0.0322. The van der Waals surface area contributed by atoms with Crippen molar-refractivity contribution in [3.63, 3.8) is 0 Å². The molecule has 0 spiro atoms. The fourth-order valence-corrected chi connectivity index (χ4v) is 8.05. The summed E-state index contributed by atoms with van der Waals surface area (Å²) in [6.07, 6.45) is 14.6. The van der Waals surface area contributed by atoms with Crippen LogP contribution >= 0.6 is 11.3 Å². The van der Waals surface area contributed by atoms with Crippen LogP contribution in [0.5, 0.6) is 0 Å². The maximum atomic E-state index is 5.33. The van der Waals surface area contributed by atoms with Crippen molar-refractivity contribution in [1.29, 1.82) is 0 Å². The zero-order valence-corrected chi connectivity index (χ0v) is 31.0. The van der Waals surface area contributed by atoms with Crippen LogP contribution in [0.4, 0.5) is 0 Å². The number of hydrogen-bond donors (Lipinski definition) is 1. The van der Waals surface area contributed by atoms with Crippen LogP contribution in [0.25, 0.3) is 58.8 Å². The summed E-state index contributed by atoms with van der Waals surface area (Å²) < 4.78 is 5.16. The average Bonchev–Trinajstić information content (AvgIpc) is 4.00. The first-order chi connectivity index (χ1) is 24.5. The predicted octanol–water partition coefficient (Wildman–Crippen LogP) is 13.8. The molecule has 7 aromatic rings. The van der Waals surface area contributed by atoms with Gasteiger partial charge >= 0.3 is 0 Å². The number of benzene rings is 5. The molecule has 252 valence electrons. The van der Waals surface area contributed by atoms with Crippen LogP contribution in [0.3, 0.4) is 0 Å². The predicted molar refractivity (Wildman–Crippen MR) is 223 cm³/mol. The van der Waals surface area contributed by atoms with E-state index in [0.717, 1.165) is 18.5 Å². The molecule has 0 atom stereocenters. The molecule has 0 aliphatic heterocycles. The van der Waals surface area contributed by atoms with Gasteiger partial charge in [-0.3, -0.25) is 0 Å². The van der Waals surface area contributed by atoms with Crippen molar-refractivity contribution in [1.82, 2.24) is 4.57 Å². The molecule has 0 unspecified atom stereocenters. The first kappa shape index (κ1) is 34.7. The molecule has 2 nitrogen and oxygen atoms in total. The Morgan fingerprint density at radius 2 is 1.30 bits per heavy atom. The van der Waals surface area contributed by atoms with Gasteiger partial charge in [0.15, 0.2) is 0 Å². The van der Waals surface area contributed by atoms with Crippen LogP contribution in [0, 0.1) is 0 Å². The molecular weight excluding hydrogens is 625 g/mol. The molecule has 2 aliphatic rings. The van der Waals surface area contributed by atoms with E-state index in [2.05, 4.69) is 146 Å². The number of hydrogen-bond acceptors (Lipinski definition) is 2. The second kappa shape index (κ2) is 15.2. The van der Waals surface area contributed by atoms with Crippen molar-refractivity contribution >= 4 is 53.3 Å². The molecule has 50 heavy (non-hydrogen) atoms. The highest BCUT2D eigenvalue weighted by atomic mass is 32.1. The molecule has 0 saturated carbocycles. The Morgan fingerprint density at radius 1 is 0.580 bits per heavy atom. The van der Waals surface area contributed by atoms with Crippen molar-refractivity contribution in [2.24, 2.45) is 5.73 Å². The van der Waals surface area contributed by atoms with E-state index in [1.165, 1.54) is 69.9 Å². The van der Waals surface area contributed by atoms with Gasteiger partial charge in [-0.05, 0) is 71.7 Å². The molecule has 3 heteroatoms. The van der Waals surface area contributed by atoms with E-state index in [-0.39, 0.29) is 5.41 Å². The quantitative estimate of drug-likeness (QED) is 0.198. The minimum atomic E-state index is -0.0322. The summed E-state index contributed by atoms with van der Waals surface area (Å²) in [6, 6.07) is 40.5. The SMILES string of the molecule is CC.CC.CC(C)(C1=CC=CC1)c1cccc(-n2c3ccc(-c4ccccc4)cc3c3cc4sc5ccccc5c4cc32)c1.NC1=CC=CC1. The Balaban J connectivity index is 0.000000383. The van der Waals surface area contributed by atoms with Crippen LogP contribution in [0.15, 0.2) is 157 Å². The van der Waals surface area contributed by atoms with Crippen LogP contribution in [0.2, 0.25) is 0 Å². The summed E-state index contributed by atoms with van der Waals surface area (Å²) in [6.45, 7) is 12.7. The molecule has 0 radical (unpaired) electrons. The third kappa shape index (κ3) is 6.58. The van der Waals surface area contributed by atoms with E-state index in [9.17, 15) is 0 Å². The summed E-state index contributed by atoms with van der Waals surface area (Å²) in [5.74, 6) is 0. The Morgan fingerprint density at radius 3 is 2.00 bits per heavy atom. The van der Waals surface area contributed by atoms with Gasteiger partial charge in [0, 0.05) is 54.2 Å². The molecule has 9 rings (SSSR count). The first-order valence-corrected chi connectivity index (χ1v) is 18.8. The number of nitrogens with zero attached hydrogens (tertiary/aromatic N) is 1. The van der Waals surface area contributed by atoms with Gasteiger partial charge in [0.1, 0.15) is 0 Å². The maximum absolute atomic E-state index is 5.33. The second-order valence-electron chi connectivity index (χ2n) is 12.8. The molecule has 2 heterocycles. The van der Waals surface area contributed by atoms with Crippen LogP contribution in [-0.2, 0) is 5.41 Å². The Kier molecular flexibility index (Phi) is 10.6. The van der Waals surface area contributed by atoms with Gasteiger partial charge < -0.3 is 10.3 Å². The molecule has 2 aromatic heterocycles. The Bertz CT molecular complexity index is 2390. The van der Waals surface area contributed by atoms with Crippen molar-refractivity contribution in [3.05, 3.63) is 162 Å². The normalized spacial score (nSPS) is 13.4. The smallest absolute Gasteiger partial charge is 0.0548 e. The van der Waals surface area contributed by atoms with Gasteiger partial charge in [-0.1, -0.05) is 144 Å². The highest BCUT2D eigenvalue weighted by molar-refractivity contribution is 7.25. The van der Waals surface area contributed by atoms with E-state index in [4.69, 9.17) is 5.73 Å². The minimum Gasteiger partial charge on any atom is -0.402 e. The first-order valence-electron chi connectivity index (χ1n) is 18.0. The fourth-order valence-electron chi connectivity index (χ4n) is 6.92.